The number of ether oxygens (including phenoxy) is 1. The zero-order chi connectivity index (χ0) is 22.7. The van der Waals surface area contributed by atoms with Gasteiger partial charge in [0.25, 0.3) is 10.0 Å². The lowest BCUT2D eigenvalue weighted by Gasteiger charge is -2.12. The minimum Gasteiger partial charge on any atom is -0.445 e. The third-order valence-electron chi connectivity index (χ3n) is 5.16. The second kappa shape index (κ2) is 9.00. The molecule has 8 heteroatoms. The summed E-state index contributed by atoms with van der Waals surface area (Å²) in [6, 6.07) is 14.1. The number of benzene rings is 2. The number of rotatable bonds is 7. The Balaban J connectivity index is 1.76. The molecule has 1 aliphatic rings. The molecule has 3 aromatic rings. The lowest BCUT2D eigenvalue weighted by molar-refractivity contribution is 0.142. The number of nitrogens with one attached hydrogen (secondary N) is 1. The fourth-order valence-corrected chi connectivity index (χ4v) is 4.74. The lowest BCUT2D eigenvalue weighted by Crippen LogP contribution is -2.18. The van der Waals surface area contributed by atoms with Gasteiger partial charge >= 0.3 is 6.09 Å². The molecule has 1 aliphatic carbocycles. The number of hydrogen-bond acceptors (Lipinski definition) is 4. The highest BCUT2D eigenvalue weighted by Gasteiger charge is 2.24. The molecule has 6 nitrogen and oxygen atoms in total. The average Bonchev–Trinajstić information content (AvgIpc) is 3.53. The molecule has 166 valence electrons. The van der Waals surface area contributed by atoms with Crippen LogP contribution in [-0.4, -0.2) is 25.5 Å². The predicted octanol–water partition coefficient (Wildman–Crippen LogP) is 4.81. The van der Waals surface area contributed by atoms with Gasteiger partial charge in [0.2, 0.25) is 0 Å². The average molecular weight is 455 g/mol. The molecule has 4 rings (SSSR count). The fraction of sp³-hybridized carbons (Fsp3) is 0.208. The minimum atomic E-state index is -4.04. The number of carbonyl (C=O) groups is 1. The second-order valence-corrected chi connectivity index (χ2v) is 9.42. The first-order chi connectivity index (χ1) is 15.4. The highest BCUT2D eigenvalue weighted by molar-refractivity contribution is 7.90. The van der Waals surface area contributed by atoms with Gasteiger partial charge in [-0.05, 0) is 54.7 Å². The zero-order valence-corrected chi connectivity index (χ0v) is 18.3. The van der Waals surface area contributed by atoms with Crippen LogP contribution in [0.2, 0.25) is 0 Å². The Kier molecular flexibility index (Phi) is 6.14. The normalized spacial score (nSPS) is 13.9. The van der Waals surface area contributed by atoms with Gasteiger partial charge in [-0.3, -0.25) is 0 Å². The van der Waals surface area contributed by atoms with Crippen LogP contribution in [0, 0.1) is 11.7 Å². The van der Waals surface area contributed by atoms with E-state index in [1.54, 1.807) is 18.2 Å². The summed E-state index contributed by atoms with van der Waals surface area (Å²) in [5.41, 5.74) is 1.48. The van der Waals surface area contributed by atoms with Crippen molar-refractivity contribution >= 4 is 22.2 Å². The number of carbonyl (C=O) groups excluding carboxylic acids is 1. The molecule has 32 heavy (non-hydrogen) atoms. The number of halogens is 1. The van der Waals surface area contributed by atoms with Crippen molar-refractivity contribution < 1.29 is 22.3 Å². The maximum Gasteiger partial charge on any atom is 0.407 e. The van der Waals surface area contributed by atoms with E-state index in [-0.39, 0.29) is 22.8 Å². The molecule has 1 aromatic heterocycles. The minimum absolute atomic E-state index is 0.0856. The van der Waals surface area contributed by atoms with Gasteiger partial charge in [0.15, 0.2) is 0 Å². The van der Waals surface area contributed by atoms with Crippen molar-refractivity contribution in [2.24, 2.45) is 5.92 Å². The Morgan fingerprint density at radius 1 is 1.19 bits per heavy atom. The van der Waals surface area contributed by atoms with E-state index in [1.165, 1.54) is 43.6 Å². The van der Waals surface area contributed by atoms with Crippen LogP contribution in [0.4, 0.5) is 9.18 Å². The van der Waals surface area contributed by atoms with Crippen LogP contribution >= 0.6 is 0 Å². The molecular weight excluding hydrogens is 431 g/mol. The summed E-state index contributed by atoms with van der Waals surface area (Å²) < 4.78 is 47.7. The van der Waals surface area contributed by atoms with Crippen molar-refractivity contribution in [2.75, 3.05) is 7.05 Å². The molecule has 0 saturated heterocycles. The standard InChI is InChI=1S/C24H23FN2O4S/c1-26-24(28)31-16-19-14-23(21-7-2-3-8-22(21)25)27(15-19)32(29,30)20-6-4-5-18(13-20)12-11-17-9-10-17/h2-8,11-15,17H,9-10,16H2,1H3,(H,26,28)/b12-11+. The molecule has 1 amide bonds. The largest absolute Gasteiger partial charge is 0.445 e. The number of nitrogens with zero attached hydrogens (tertiary/aromatic N) is 1. The number of alkyl carbamates (subject to hydrolysis) is 1. The SMILES string of the molecule is CNC(=O)OCc1cc(-c2ccccc2F)n(S(=O)(=O)c2cccc(/C=C/C3CC3)c2)c1. The summed E-state index contributed by atoms with van der Waals surface area (Å²) in [7, 11) is -2.62. The first-order valence-corrected chi connectivity index (χ1v) is 11.7. The van der Waals surface area contributed by atoms with Crippen molar-refractivity contribution in [1.29, 1.82) is 0 Å². The van der Waals surface area contributed by atoms with E-state index in [4.69, 9.17) is 4.74 Å². The summed E-state index contributed by atoms with van der Waals surface area (Å²) in [6.45, 7) is -0.159. The zero-order valence-electron chi connectivity index (χ0n) is 17.5. The molecule has 1 saturated carbocycles. The first-order valence-electron chi connectivity index (χ1n) is 10.2. The number of amides is 1. The van der Waals surface area contributed by atoms with E-state index < -0.39 is 21.9 Å². The number of aromatic nitrogens is 1. The Morgan fingerprint density at radius 2 is 1.97 bits per heavy atom. The predicted molar refractivity (Wildman–Crippen MR) is 120 cm³/mol. The van der Waals surface area contributed by atoms with Crippen LogP contribution in [0.25, 0.3) is 17.3 Å². The van der Waals surface area contributed by atoms with Crippen LogP contribution in [0.1, 0.15) is 24.0 Å². The number of hydrogen-bond donors (Lipinski definition) is 1. The van der Waals surface area contributed by atoms with E-state index in [1.807, 2.05) is 12.1 Å². The molecule has 0 atom stereocenters. The van der Waals surface area contributed by atoms with Gasteiger partial charge in [-0.2, -0.15) is 0 Å². The van der Waals surface area contributed by atoms with Crippen LogP contribution < -0.4 is 5.32 Å². The van der Waals surface area contributed by atoms with Crippen molar-refractivity contribution in [3.63, 3.8) is 0 Å². The smallest absolute Gasteiger partial charge is 0.407 e. The highest BCUT2D eigenvalue weighted by atomic mass is 32.2. The maximum atomic E-state index is 14.6. The van der Waals surface area contributed by atoms with Crippen molar-refractivity contribution in [3.05, 3.63) is 83.8 Å². The topological polar surface area (TPSA) is 77.4 Å². The van der Waals surface area contributed by atoms with E-state index in [0.717, 1.165) is 22.4 Å². The second-order valence-electron chi connectivity index (χ2n) is 7.61. The van der Waals surface area contributed by atoms with Crippen LogP contribution in [0.3, 0.4) is 0 Å². The fourth-order valence-electron chi connectivity index (χ4n) is 3.29. The Labute approximate surface area is 186 Å². The molecule has 0 radical (unpaired) electrons. The van der Waals surface area contributed by atoms with Crippen molar-refractivity contribution in [1.82, 2.24) is 9.29 Å². The summed E-state index contributed by atoms with van der Waals surface area (Å²) in [6.07, 6.45) is 7.03. The van der Waals surface area contributed by atoms with E-state index in [2.05, 4.69) is 11.4 Å². The van der Waals surface area contributed by atoms with Gasteiger partial charge in [-0.25, -0.2) is 21.6 Å². The summed E-state index contributed by atoms with van der Waals surface area (Å²) in [5.74, 6) is 0.0113. The molecule has 0 unspecified atom stereocenters. The van der Waals surface area contributed by atoms with E-state index in [0.29, 0.717) is 11.5 Å². The van der Waals surface area contributed by atoms with Gasteiger partial charge in [0.1, 0.15) is 12.4 Å². The molecule has 0 spiro atoms. The summed E-state index contributed by atoms with van der Waals surface area (Å²) in [5, 5.41) is 2.33. The van der Waals surface area contributed by atoms with Crippen LogP contribution in [-0.2, 0) is 21.4 Å². The van der Waals surface area contributed by atoms with E-state index >= 15 is 0 Å². The highest BCUT2D eigenvalue weighted by Crippen LogP contribution is 2.32. The van der Waals surface area contributed by atoms with Gasteiger partial charge in [0.05, 0.1) is 10.6 Å². The third kappa shape index (κ3) is 4.75. The van der Waals surface area contributed by atoms with Crippen LogP contribution in [0.15, 0.2) is 71.8 Å². The molecule has 2 aromatic carbocycles. The molecule has 1 N–H and O–H groups in total. The van der Waals surface area contributed by atoms with Gasteiger partial charge in [0, 0.05) is 24.4 Å². The Morgan fingerprint density at radius 3 is 2.69 bits per heavy atom. The first kappa shape index (κ1) is 21.8. The van der Waals surface area contributed by atoms with Crippen molar-refractivity contribution in [2.45, 2.75) is 24.3 Å². The van der Waals surface area contributed by atoms with Gasteiger partial charge in [-0.1, -0.05) is 36.4 Å². The summed E-state index contributed by atoms with van der Waals surface area (Å²) in [4.78, 5) is 11.5. The number of allylic oxidation sites excluding steroid dienone is 1. The van der Waals surface area contributed by atoms with Gasteiger partial charge in [-0.15, -0.1) is 0 Å². The third-order valence-corrected chi connectivity index (χ3v) is 6.83. The van der Waals surface area contributed by atoms with Crippen molar-refractivity contribution in [3.8, 4) is 11.3 Å². The summed E-state index contributed by atoms with van der Waals surface area (Å²) >= 11 is 0. The Hall–Kier alpha value is -3.39. The lowest BCUT2D eigenvalue weighted by atomic mass is 10.1. The van der Waals surface area contributed by atoms with Crippen LogP contribution in [0.5, 0.6) is 0 Å². The quantitative estimate of drug-likeness (QED) is 0.556. The molecule has 0 aliphatic heterocycles. The molecular formula is C24H23FN2O4S. The van der Waals surface area contributed by atoms with Gasteiger partial charge < -0.3 is 10.1 Å². The maximum absolute atomic E-state index is 14.6. The molecule has 1 fully saturated rings. The monoisotopic (exact) mass is 454 g/mol. The van der Waals surface area contributed by atoms with E-state index in [9.17, 15) is 17.6 Å². The Bertz CT molecular complexity index is 1280. The molecule has 0 bridgehead atoms. The molecule has 1 heterocycles.